The van der Waals surface area contributed by atoms with Gasteiger partial charge in [0.25, 0.3) is 5.56 Å². The molecule has 116 valence electrons. The van der Waals surface area contributed by atoms with Crippen LogP contribution in [0, 0.1) is 13.8 Å². The monoisotopic (exact) mass is 307 g/mol. The predicted molar refractivity (Wildman–Crippen MR) is 89.6 cm³/mol. The molecule has 0 saturated heterocycles. The van der Waals surface area contributed by atoms with Crippen LogP contribution in [-0.4, -0.2) is 11.0 Å². The number of aryl methyl sites for hydroxylation is 2. The van der Waals surface area contributed by atoms with Gasteiger partial charge in [-0.15, -0.1) is 0 Å². The SMILES string of the molecule is Cc1ccccc1C(=O)OCc1cc2cccc(C)c2[nH]c1=O. The molecule has 0 bridgehead atoms. The summed E-state index contributed by atoms with van der Waals surface area (Å²) in [5.74, 6) is -0.424. The summed E-state index contributed by atoms with van der Waals surface area (Å²) in [6, 6.07) is 14.8. The number of benzene rings is 2. The number of carbonyl (C=O) groups is 1. The number of rotatable bonds is 3. The number of esters is 1. The third-order valence-electron chi connectivity index (χ3n) is 3.89. The van der Waals surface area contributed by atoms with E-state index in [1.165, 1.54) is 0 Å². The van der Waals surface area contributed by atoms with E-state index in [0.29, 0.717) is 11.1 Å². The molecule has 0 amide bonds. The van der Waals surface area contributed by atoms with Crippen molar-refractivity contribution >= 4 is 16.9 Å². The molecule has 0 spiro atoms. The number of ether oxygens (including phenoxy) is 1. The minimum atomic E-state index is -0.424. The molecule has 0 unspecified atom stereocenters. The zero-order valence-electron chi connectivity index (χ0n) is 13.1. The zero-order valence-corrected chi connectivity index (χ0v) is 13.1. The van der Waals surface area contributed by atoms with Crippen LogP contribution in [0.4, 0.5) is 0 Å². The molecule has 1 aromatic heterocycles. The van der Waals surface area contributed by atoms with Crippen molar-refractivity contribution in [3.05, 3.63) is 81.1 Å². The second kappa shape index (κ2) is 6.08. The summed E-state index contributed by atoms with van der Waals surface area (Å²) in [4.78, 5) is 27.1. The molecule has 2 aromatic carbocycles. The van der Waals surface area contributed by atoms with Crippen LogP contribution in [0.15, 0.2) is 53.3 Å². The lowest BCUT2D eigenvalue weighted by atomic mass is 10.1. The van der Waals surface area contributed by atoms with Crippen molar-refractivity contribution in [2.45, 2.75) is 20.5 Å². The Morgan fingerprint density at radius 3 is 2.57 bits per heavy atom. The zero-order chi connectivity index (χ0) is 16.4. The Bertz CT molecular complexity index is 941. The van der Waals surface area contributed by atoms with Crippen LogP contribution >= 0.6 is 0 Å². The van der Waals surface area contributed by atoms with E-state index in [1.807, 2.05) is 44.2 Å². The van der Waals surface area contributed by atoms with E-state index in [2.05, 4.69) is 4.98 Å². The highest BCUT2D eigenvalue weighted by Gasteiger charge is 2.11. The maximum absolute atomic E-state index is 12.2. The van der Waals surface area contributed by atoms with Gasteiger partial charge in [-0.05, 0) is 42.5 Å². The van der Waals surface area contributed by atoms with Gasteiger partial charge in [-0.3, -0.25) is 4.79 Å². The maximum Gasteiger partial charge on any atom is 0.338 e. The number of nitrogens with one attached hydrogen (secondary N) is 1. The Balaban J connectivity index is 1.85. The number of hydrogen-bond donors (Lipinski definition) is 1. The number of carbonyl (C=O) groups excluding carboxylic acids is 1. The third kappa shape index (κ3) is 3.01. The first kappa shape index (κ1) is 15.0. The van der Waals surface area contributed by atoms with Gasteiger partial charge < -0.3 is 9.72 Å². The van der Waals surface area contributed by atoms with E-state index >= 15 is 0 Å². The van der Waals surface area contributed by atoms with Crippen molar-refractivity contribution in [3.63, 3.8) is 0 Å². The van der Waals surface area contributed by atoms with Gasteiger partial charge in [0.1, 0.15) is 6.61 Å². The normalized spacial score (nSPS) is 10.7. The Kier molecular flexibility index (Phi) is 3.98. The summed E-state index contributed by atoms with van der Waals surface area (Å²) in [5.41, 5.74) is 3.38. The molecule has 4 heteroatoms. The molecule has 0 aliphatic heterocycles. The molecular weight excluding hydrogens is 290 g/mol. The van der Waals surface area contributed by atoms with Crippen LogP contribution in [0.1, 0.15) is 27.0 Å². The fraction of sp³-hybridized carbons (Fsp3) is 0.158. The molecule has 0 aliphatic carbocycles. The molecule has 0 aliphatic rings. The summed E-state index contributed by atoms with van der Waals surface area (Å²) in [6.07, 6.45) is 0. The molecule has 1 N–H and O–H groups in total. The lowest BCUT2D eigenvalue weighted by Crippen LogP contribution is -2.16. The molecule has 1 heterocycles. The highest BCUT2D eigenvalue weighted by Crippen LogP contribution is 2.16. The van der Waals surface area contributed by atoms with Gasteiger partial charge in [0.05, 0.1) is 16.6 Å². The molecule has 0 radical (unpaired) electrons. The second-order valence-electron chi connectivity index (χ2n) is 5.55. The standard InChI is InChI=1S/C19H17NO3/c1-12-6-3-4-9-16(12)19(22)23-11-15-10-14-8-5-7-13(2)17(14)20-18(15)21/h3-10H,11H2,1-2H3,(H,20,21). The Morgan fingerprint density at radius 1 is 1.04 bits per heavy atom. The fourth-order valence-corrected chi connectivity index (χ4v) is 2.56. The topological polar surface area (TPSA) is 59.2 Å². The minimum absolute atomic E-state index is 0.0492. The maximum atomic E-state index is 12.2. The van der Waals surface area contributed by atoms with Crippen molar-refractivity contribution < 1.29 is 9.53 Å². The van der Waals surface area contributed by atoms with Crippen molar-refractivity contribution in [1.29, 1.82) is 0 Å². The average molecular weight is 307 g/mol. The van der Waals surface area contributed by atoms with Crippen LogP contribution in [0.2, 0.25) is 0 Å². The predicted octanol–water partition coefficient (Wildman–Crippen LogP) is 3.50. The van der Waals surface area contributed by atoms with E-state index in [-0.39, 0.29) is 12.2 Å². The summed E-state index contributed by atoms with van der Waals surface area (Å²) in [6.45, 7) is 3.74. The second-order valence-corrected chi connectivity index (χ2v) is 5.55. The lowest BCUT2D eigenvalue weighted by Gasteiger charge is -2.08. The van der Waals surface area contributed by atoms with Crippen molar-refractivity contribution in [3.8, 4) is 0 Å². The number of aromatic amines is 1. The highest BCUT2D eigenvalue weighted by molar-refractivity contribution is 5.91. The number of pyridine rings is 1. The molecule has 0 saturated carbocycles. The number of aromatic nitrogens is 1. The first-order valence-corrected chi connectivity index (χ1v) is 7.40. The van der Waals surface area contributed by atoms with Gasteiger partial charge in [0.15, 0.2) is 0 Å². The van der Waals surface area contributed by atoms with Gasteiger partial charge >= 0.3 is 5.97 Å². The Morgan fingerprint density at radius 2 is 1.78 bits per heavy atom. The lowest BCUT2D eigenvalue weighted by molar-refractivity contribution is 0.0470. The van der Waals surface area contributed by atoms with Gasteiger partial charge in [0, 0.05) is 0 Å². The minimum Gasteiger partial charge on any atom is -0.457 e. The van der Waals surface area contributed by atoms with Gasteiger partial charge in [0.2, 0.25) is 0 Å². The molecule has 3 aromatic rings. The third-order valence-corrected chi connectivity index (χ3v) is 3.89. The quantitative estimate of drug-likeness (QED) is 0.753. The van der Waals surface area contributed by atoms with Crippen LogP contribution in [-0.2, 0) is 11.3 Å². The van der Waals surface area contributed by atoms with E-state index in [1.54, 1.807) is 18.2 Å². The molecule has 4 nitrogen and oxygen atoms in total. The molecule has 0 fully saturated rings. The van der Waals surface area contributed by atoms with Gasteiger partial charge in [-0.2, -0.15) is 0 Å². The summed E-state index contributed by atoms with van der Waals surface area (Å²) < 4.78 is 5.30. The van der Waals surface area contributed by atoms with Crippen molar-refractivity contribution in [1.82, 2.24) is 4.98 Å². The van der Waals surface area contributed by atoms with Crippen LogP contribution in [0.5, 0.6) is 0 Å². The highest BCUT2D eigenvalue weighted by atomic mass is 16.5. The van der Waals surface area contributed by atoms with E-state index in [0.717, 1.165) is 22.0 Å². The number of H-pyrrole nitrogens is 1. The summed E-state index contributed by atoms with van der Waals surface area (Å²) in [5, 5.41) is 0.923. The van der Waals surface area contributed by atoms with E-state index < -0.39 is 5.97 Å². The molecule has 3 rings (SSSR count). The van der Waals surface area contributed by atoms with Gasteiger partial charge in [-0.1, -0.05) is 36.4 Å². The van der Waals surface area contributed by atoms with Gasteiger partial charge in [-0.25, -0.2) is 4.79 Å². The summed E-state index contributed by atoms with van der Waals surface area (Å²) in [7, 11) is 0. The van der Waals surface area contributed by atoms with Crippen LogP contribution in [0.3, 0.4) is 0 Å². The average Bonchev–Trinajstić information content (AvgIpc) is 2.54. The van der Waals surface area contributed by atoms with E-state index in [4.69, 9.17) is 4.74 Å². The van der Waals surface area contributed by atoms with E-state index in [9.17, 15) is 9.59 Å². The Labute approximate surface area is 133 Å². The molecular formula is C19H17NO3. The van der Waals surface area contributed by atoms with Crippen LogP contribution in [0.25, 0.3) is 10.9 Å². The number of para-hydroxylation sites is 1. The van der Waals surface area contributed by atoms with Crippen LogP contribution < -0.4 is 5.56 Å². The molecule has 23 heavy (non-hydrogen) atoms. The fourth-order valence-electron chi connectivity index (χ4n) is 2.56. The summed E-state index contributed by atoms with van der Waals surface area (Å²) >= 11 is 0. The Hall–Kier alpha value is -2.88. The van der Waals surface area contributed by atoms with Crippen molar-refractivity contribution in [2.24, 2.45) is 0 Å². The van der Waals surface area contributed by atoms with Crippen molar-refractivity contribution in [2.75, 3.05) is 0 Å². The first-order chi connectivity index (χ1) is 11.1. The smallest absolute Gasteiger partial charge is 0.338 e. The molecule has 0 atom stereocenters. The largest absolute Gasteiger partial charge is 0.457 e. The number of fused-ring (bicyclic) bond motifs is 1. The first-order valence-electron chi connectivity index (χ1n) is 7.40. The number of hydrogen-bond acceptors (Lipinski definition) is 3.